The average molecular weight is 306 g/mol. The number of carbonyl (C=O) groups is 1. The number of aromatic nitrogens is 1. The van der Waals surface area contributed by atoms with E-state index in [2.05, 4.69) is 10.3 Å². The second kappa shape index (κ2) is 7.50. The Kier molecular flexibility index (Phi) is 5.40. The van der Waals surface area contributed by atoms with Crippen LogP contribution in [0, 0.1) is 0 Å². The van der Waals surface area contributed by atoms with Crippen molar-refractivity contribution in [2.45, 2.75) is 12.8 Å². The van der Waals surface area contributed by atoms with Gasteiger partial charge in [-0.05, 0) is 36.8 Å². The normalized spacial score (nSPS) is 10.1. The zero-order chi connectivity index (χ0) is 15.1. The first kappa shape index (κ1) is 15.1. The van der Waals surface area contributed by atoms with Crippen LogP contribution in [0.1, 0.15) is 12.8 Å². The molecule has 21 heavy (non-hydrogen) atoms. The fourth-order valence-electron chi connectivity index (χ4n) is 1.65. The average Bonchev–Trinajstić information content (AvgIpc) is 2.48. The van der Waals surface area contributed by atoms with Crippen molar-refractivity contribution in [3.8, 4) is 11.5 Å². The zero-order valence-electron chi connectivity index (χ0n) is 11.4. The lowest BCUT2D eigenvalue weighted by molar-refractivity contribution is -0.116. The molecule has 0 spiro atoms. The van der Waals surface area contributed by atoms with Crippen molar-refractivity contribution in [1.82, 2.24) is 4.98 Å². The highest BCUT2D eigenvalue weighted by atomic mass is 35.5. The summed E-state index contributed by atoms with van der Waals surface area (Å²) < 4.78 is 5.67. The van der Waals surface area contributed by atoms with Gasteiger partial charge in [-0.2, -0.15) is 0 Å². The van der Waals surface area contributed by atoms with Gasteiger partial charge in [0, 0.05) is 30.3 Å². The molecule has 0 saturated heterocycles. The van der Waals surface area contributed by atoms with Crippen LogP contribution in [-0.4, -0.2) is 16.8 Å². The maximum Gasteiger partial charge on any atom is 0.225 e. The maximum atomic E-state index is 11.6. The Balaban J connectivity index is 2.00. The maximum absolute atomic E-state index is 11.6. The molecule has 0 atom stereocenters. The third-order valence-corrected chi connectivity index (χ3v) is 2.92. The molecule has 1 aromatic carbocycles. The van der Waals surface area contributed by atoms with Crippen molar-refractivity contribution in [2.75, 3.05) is 16.9 Å². The van der Waals surface area contributed by atoms with Crippen LogP contribution >= 0.6 is 11.6 Å². The molecule has 110 valence electrons. The predicted octanol–water partition coefficient (Wildman–Crippen LogP) is 3.41. The summed E-state index contributed by atoms with van der Waals surface area (Å²) in [6.07, 6.45) is 2.58. The molecule has 0 aliphatic rings. The number of halogens is 1. The Bertz CT molecular complexity index is 602. The van der Waals surface area contributed by atoms with E-state index in [0.717, 1.165) is 0 Å². The summed E-state index contributed by atoms with van der Waals surface area (Å²) in [6.45, 7) is 0. The number of pyridine rings is 1. The molecular weight excluding hydrogens is 290 g/mol. The molecule has 0 bridgehead atoms. The van der Waals surface area contributed by atoms with E-state index >= 15 is 0 Å². The van der Waals surface area contributed by atoms with Gasteiger partial charge in [-0.1, -0.05) is 0 Å². The number of hydrogen-bond acceptors (Lipinski definition) is 4. The number of nitrogen functional groups attached to an aromatic ring is 1. The number of nitrogens with zero attached hydrogens (tertiary/aromatic N) is 1. The van der Waals surface area contributed by atoms with E-state index in [4.69, 9.17) is 22.1 Å². The Morgan fingerprint density at radius 2 is 2.00 bits per heavy atom. The first-order chi connectivity index (χ1) is 10.2. The molecule has 0 fully saturated rings. The van der Waals surface area contributed by atoms with E-state index in [9.17, 15) is 4.79 Å². The second-order valence-corrected chi connectivity index (χ2v) is 4.77. The fraction of sp³-hybridized carbons (Fsp3) is 0.200. The van der Waals surface area contributed by atoms with Crippen molar-refractivity contribution in [2.24, 2.45) is 0 Å². The molecule has 0 saturated carbocycles. The molecule has 6 heteroatoms. The van der Waals surface area contributed by atoms with E-state index < -0.39 is 0 Å². The van der Waals surface area contributed by atoms with Gasteiger partial charge in [0.1, 0.15) is 17.3 Å². The largest absolute Gasteiger partial charge is 0.457 e. The SMILES string of the molecule is Nc1ccc(Oc2ccnc(NC(=O)CCCCl)c2)cc1. The molecule has 2 aromatic rings. The quantitative estimate of drug-likeness (QED) is 0.633. The van der Waals surface area contributed by atoms with Crippen LogP contribution < -0.4 is 15.8 Å². The van der Waals surface area contributed by atoms with Crippen molar-refractivity contribution in [1.29, 1.82) is 0 Å². The number of carbonyl (C=O) groups excluding carboxylic acids is 1. The molecule has 2 rings (SSSR count). The monoisotopic (exact) mass is 305 g/mol. The van der Waals surface area contributed by atoms with Gasteiger partial charge in [0.25, 0.3) is 0 Å². The van der Waals surface area contributed by atoms with Gasteiger partial charge >= 0.3 is 0 Å². The van der Waals surface area contributed by atoms with Gasteiger partial charge in [0.15, 0.2) is 0 Å². The van der Waals surface area contributed by atoms with Gasteiger partial charge in [0.05, 0.1) is 0 Å². The molecule has 1 amide bonds. The molecule has 3 N–H and O–H groups in total. The Morgan fingerprint density at radius 1 is 1.24 bits per heavy atom. The van der Waals surface area contributed by atoms with Crippen LogP contribution in [0.3, 0.4) is 0 Å². The van der Waals surface area contributed by atoms with Crippen LogP contribution in [-0.2, 0) is 4.79 Å². The highest BCUT2D eigenvalue weighted by Crippen LogP contribution is 2.23. The van der Waals surface area contributed by atoms with Crippen LogP contribution in [0.2, 0.25) is 0 Å². The van der Waals surface area contributed by atoms with E-state index in [1.54, 1.807) is 42.6 Å². The van der Waals surface area contributed by atoms with Crippen molar-refractivity contribution in [3.05, 3.63) is 42.6 Å². The molecular formula is C15H16ClN3O2. The van der Waals surface area contributed by atoms with E-state index in [0.29, 0.717) is 41.7 Å². The van der Waals surface area contributed by atoms with Crippen LogP contribution in [0.4, 0.5) is 11.5 Å². The number of hydrogen-bond donors (Lipinski definition) is 2. The first-order valence-corrected chi connectivity index (χ1v) is 7.06. The molecule has 0 radical (unpaired) electrons. The summed E-state index contributed by atoms with van der Waals surface area (Å²) in [6, 6.07) is 10.4. The smallest absolute Gasteiger partial charge is 0.225 e. The number of nitrogens with one attached hydrogen (secondary N) is 1. The summed E-state index contributed by atoms with van der Waals surface area (Å²) >= 11 is 5.55. The summed E-state index contributed by atoms with van der Waals surface area (Å²) in [4.78, 5) is 15.7. The summed E-state index contributed by atoms with van der Waals surface area (Å²) in [7, 11) is 0. The standard InChI is InChI=1S/C15H16ClN3O2/c16-8-1-2-15(20)19-14-10-13(7-9-18-14)21-12-5-3-11(17)4-6-12/h3-7,9-10H,1-2,8,17H2,(H,18,19,20). The molecule has 0 aliphatic carbocycles. The Labute approximate surface area is 128 Å². The Morgan fingerprint density at radius 3 is 2.71 bits per heavy atom. The van der Waals surface area contributed by atoms with Crippen LogP contribution in [0.25, 0.3) is 0 Å². The number of alkyl halides is 1. The highest BCUT2D eigenvalue weighted by molar-refractivity contribution is 6.18. The molecule has 0 unspecified atom stereocenters. The van der Waals surface area contributed by atoms with Crippen LogP contribution in [0.15, 0.2) is 42.6 Å². The number of amides is 1. The second-order valence-electron chi connectivity index (χ2n) is 4.39. The number of ether oxygens (including phenoxy) is 1. The topological polar surface area (TPSA) is 77.2 Å². The molecule has 1 aromatic heterocycles. The number of rotatable bonds is 6. The molecule has 1 heterocycles. The van der Waals surface area contributed by atoms with Gasteiger partial charge in [0.2, 0.25) is 5.91 Å². The molecule has 0 aliphatic heterocycles. The fourth-order valence-corrected chi connectivity index (χ4v) is 1.78. The van der Waals surface area contributed by atoms with Gasteiger partial charge in [-0.25, -0.2) is 4.98 Å². The third kappa shape index (κ3) is 4.96. The first-order valence-electron chi connectivity index (χ1n) is 6.52. The summed E-state index contributed by atoms with van der Waals surface area (Å²) in [5.41, 5.74) is 6.29. The van der Waals surface area contributed by atoms with Gasteiger partial charge in [-0.3, -0.25) is 4.79 Å². The number of benzene rings is 1. The lowest BCUT2D eigenvalue weighted by atomic mass is 10.3. The predicted molar refractivity (Wildman–Crippen MR) is 83.7 cm³/mol. The lowest BCUT2D eigenvalue weighted by Crippen LogP contribution is -2.12. The summed E-state index contributed by atoms with van der Waals surface area (Å²) in [5.74, 6) is 2.04. The van der Waals surface area contributed by atoms with E-state index in [1.165, 1.54) is 0 Å². The number of nitrogens with two attached hydrogens (primary N) is 1. The van der Waals surface area contributed by atoms with Crippen molar-refractivity contribution < 1.29 is 9.53 Å². The highest BCUT2D eigenvalue weighted by Gasteiger charge is 2.05. The molecule has 5 nitrogen and oxygen atoms in total. The van der Waals surface area contributed by atoms with Crippen molar-refractivity contribution in [3.63, 3.8) is 0 Å². The lowest BCUT2D eigenvalue weighted by Gasteiger charge is -2.08. The third-order valence-electron chi connectivity index (χ3n) is 2.65. The Hall–Kier alpha value is -2.27. The van der Waals surface area contributed by atoms with Gasteiger partial charge in [-0.15, -0.1) is 11.6 Å². The minimum Gasteiger partial charge on any atom is -0.457 e. The van der Waals surface area contributed by atoms with Crippen LogP contribution in [0.5, 0.6) is 11.5 Å². The van der Waals surface area contributed by atoms with E-state index in [-0.39, 0.29) is 5.91 Å². The van der Waals surface area contributed by atoms with E-state index in [1.807, 2.05) is 0 Å². The minimum absolute atomic E-state index is 0.118. The van der Waals surface area contributed by atoms with Crippen molar-refractivity contribution >= 4 is 29.0 Å². The zero-order valence-corrected chi connectivity index (χ0v) is 12.1. The van der Waals surface area contributed by atoms with Gasteiger partial charge < -0.3 is 15.8 Å². The number of anilines is 2. The summed E-state index contributed by atoms with van der Waals surface area (Å²) in [5, 5.41) is 2.70. The minimum atomic E-state index is -0.118.